The number of fused-ring (bicyclic) bond motifs is 1. The standard InChI is InChI=1S/C21H22N4OS/c1-2-12-25-20(16-8-10-22-11-9-16)23-24-21(25)27-14-19(26)18-7-6-15-4-3-5-17(15)13-18/h6-11,13H,2-5,12,14H2,1H3. The van der Waals surface area contributed by atoms with E-state index in [1.54, 1.807) is 12.4 Å². The zero-order valence-corrected chi connectivity index (χ0v) is 16.2. The van der Waals surface area contributed by atoms with Crippen molar-refractivity contribution in [2.75, 3.05) is 5.75 Å². The van der Waals surface area contributed by atoms with Gasteiger partial charge in [-0.05, 0) is 55.0 Å². The topological polar surface area (TPSA) is 60.7 Å². The Hall–Kier alpha value is -2.47. The maximum Gasteiger partial charge on any atom is 0.191 e. The van der Waals surface area contributed by atoms with Crippen molar-refractivity contribution in [1.82, 2.24) is 19.7 Å². The molecule has 1 aromatic carbocycles. The highest BCUT2D eigenvalue weighted by molar-refractivity contribution is 7.99. The number of ketones is 1. The van der Waals surface area contributed by atoms with Gasteiger partial charge in [-0.15, -0.1) is 10.2 Å². The molecule has 0 N–H and O–H groups in total. The van der Waals surface area contributed by atoms with Crippen molar-refractivity contribution >= 4 is 17.5 Å². The van der Waals surface area contributed by atoms with E-state index in [9.17, 15) is 4.79 Å². The van der Waals surface area contributed by atoms with Crippen molar-refractivity contribution in [3.63, 3.8) is 0 Å². The molecule has 5 nitrogen and oxygen atoms in total. The van der Waals surface area contributed by atoms with Crippen LogP contribution in [-0.2, 0) is 19.4 Å². The molecule has 2 heterocycles. The van der Waals surface area contributed by atoms with Crippen molar-refractivity contribution in [1.29, 1.82) is 0 Å². The first kappa shape index (κ1) is 17.9. The van der Waals surface area contributed by atoms with Gasteiger partial charge in [-0.2, -0.15) is 0 Å². The van der Waals surface area contributed by atoms with Gasteiger partial charge in [-0.3, -0.25) is 9.78 Å². The summed E-state index contributed by atoms with van der Waals surface area (Å²) in [6.45, 7) is 2.94. The molecule has 1 aliphatic rings. The third-order valence-corrected chi connectivity index (χ3v) is 5.82. The summed E-state index contributed by atoms with van der Waals surface area (Å²) >= 11 is 1.46. The van der Waals surface area contributed by atoms with Crippen LogP contribution < -0.4 is 0 Å². The predicted octanol–water partition coefficient (Wildman–Crippen LogP) is 4.21. The largest absolute Gasteiger partial charge is 0.302 e. The minimum Gasteiger partial charge on any atom is -0.302 e. The van der Waals surface area contributed by atoms with Gasteiger partial charge in [0.15, 0.2) is 16.8 Å². The molecule has 6 heteroatoms. The van der Waals surface area contributed by atoms with Gasteiger partial charge in [0, 0.05) is 30.1 Å². The van der Waals surface area contributed by atoms with E-state index in [4.69, 9.17) is 0 Å². The Morgan fingerprint density at radius 1 is 1.11 bits per heavy atom. The maximum absolute atomic E-state index is 12.7. The minimum absolute atomic E-state index is 0.145. The lowest BCUT2D eigenvalue weighted by molar-refractivity contribution is 0.102. The van der Waals surface area contributed by atoms with E-state index in [0.717, 1.165) is 47.9 Å². The smallest absolute Gasteiger partial charge is 0.191 e. The number of carbonyl (C=O) groups is 1. The molecule has 0 spiro atoms. The second kappa shape index (κ2) is 8.05. The lowest BCUT2D eigenvalue weighted by Gasteiger charge is -2.09. The van der Waals surface area contributed by atoms with E-state index >= 15 is 0 Å². The number of Topliss-reactive ketones (excluding diaryl/α,β-unsaturated/α-hetero) is 1. The molecule has 1 aliphatic carbocycles. The van der Waals surface area contributed by atoms with Crippen LogP contribution in [-0.4, -0.2) is 31.3 Å². The Labute approximate surface area is 163 Å². The Balaban J connectivity index is 1.51. The SMILES string of the molecule is CCCn1c(SCC(=O)c2ccc3c(c2)CCC3)nnc1-c1ccncc1. The quantitative estimate of drug-likeness (QED) is 0.455. The molecule has 2 aromatic heterocycles. The molecule has 0 amide bonds. The number of pyridine rings is 1. The number of benzene rings is 1. The third kappa shape index (κ3) is 3.81. The Morgan fingerprint density at radius 3 is 2.74 bits per heavy atom. The number of aromatic nitrogens is 4. The summed E-state index contributed by atoms with van der Waals surface area (Å²) < 4.78 is 2.09. The number of thioether (sulfide) groups is 1. The molecule has 27 heavy (non-hydrogen) atoms. The zero-order chi connectivity index (χ0) is 18.6. The first-order chi connectivity index (χ1) is 13.3. The monoisotopic (exact) mass is 378 g/mol. The predicted molar refractivity (Wildman–Crippen MR) is 107 cm³/mol. The van der Waals surface area contributed by atoms with Gasteiger partial charge in [0.05, 0.1) is 5.75 Å². The van der Waals surface area contributed by atoms with E-state index in [2.05, 4.69) is 38.8 Å². The average Bonchev–Trinajstić information content (AvgIpc) is 3.33. The van der Waals surface area contributed by atoms with Crippen LogP contribution in [0.3, 0.4) is 0 Å². The van der Waals surface area contributed by atoms with Crippen molar-refractivity contribution in [3.8, 4) is 11.4 Å². The fourth-order valence-corrected chi connectivity index (χ4v) is 4.35. The van der Waals surface area contributed by atoms with Crippen molar-refractivity contribution in [3.05, 3.63) is 59.4 Å². The first-order valence-corrected chi connectivity index (χ1v) is 10.4. The Morgan fingerprint density at radius 2 is 1.93 bits per heavy atom. The van der Waals surface area contributed by atoms with E-state index in [1.807, 2.05) is 18.2 Å². The Bertz CT molecular complexity index is 952. The normalized spacial score (nSPS) is 12.9. The van der Waals surface area contributed by atoms with Gasteiger partial charge in [0.25, 0.3) is 0 Å². The van der Waals surface area contributed by atoms with Crippen molar-refractivity contribution < 1.29 is 4.79 Å². The molecule has 4 rings (SSSR count). The second-order valence-electron chi connectivity index (χ2n) is 6.74. The summed E-state index contributed by atoms with van der Waals surface area (Å²) in [4.78, 5) is 16.7. The molecular weight excluding hydrogens is 356 g/mol. The van der Waals surface area contributed by atoms with Crippen LogP contribution in [0.25, 0.3) is 11.4 Å². The van der Waals surface area contributed by atoms with Crippen LogP contribution in [0.5, 0.6) is 0 Å². The summed E-state index contributed by atoms with van der Waals surface area (Å²) in [7, 11) is 0. The summed E-state index contributed by atoms with van der Waals surface area (Å²) in [5.41, 5.74) is 4.52. The van der Waals surface area contributed by atoms with Gasteiger partial charge in [-0.25, -0.2) is 0 Å². The molecular formula is C21H22N4OS. The molecule has 138 valence electrons. The highest BCUT2D eigenvalue weighted by Crippen LogP contribution is 2.26. The first-order valence-electron chi connectivity index (χ1n) is 9.37. The van der Waals surface area contributed by atoms with Crippen LogP contribution >= 0.6 is 11.8 Å². The zero-order valence-electron chi connectivity index (χ0n) is 15.4. The lowest BCUT2D eigenvalue weighted by atomic mass is 10.0. The lowest BCUT2D eigenvalue weighted by Crippen LogP contribution is -2.06. The summed E-state index contributed by atoms with van der Waals surface area (Å²) in [6.07, 6.45) is 7.90. The van der Waals surface area contributed by atoms with Gasteiger partial charge >= 0.3 is 0 Å². The average molecular weight is 379 g/mol. The van der Waals surface area contributed by atoms with E-state index < -0.39 is 0 Å². The third-order valence-electron chi connectivity index (χ3n) is 4.86. The maximum atomic E-state index is 12.7. The number of hydrogen-bond acceptors (Lipinski definition) is 5. The molecule has 3 aromatic rings. The van der Waals surface area contributed by atoms with Crippen molar-refractivity contribution in [2.45, 2.75) is 44.3 Å². The van der Waals surface area contributed by atoms with Crippen LogP contribution in [0, 0.1) is 0 Å². The second-order valence-corrected chi connectivity index (χ2v) is 7.69. The highest BCUT2D eigenvalue weighted by Gasteiger charge is 2.17. The number of hydrogen-bond donors (Lipinski definition) is 0. The van der Waals surface area contributed by atoms with Gasteiger partial charge < -0.3 is 4.57 Å². The van der Waals surface area contributed by atoms with E-state index in [0.29, 0.717) is 5.75 Å². The van der Waals surface area contributed by atoms with Crippen LogP contribution in [0.2, 0.25) is 0 Å². The molecule has 0 unspecified atom stereocenters. The molecule has 0 saturated heterocycles. The van der Waals surface area contributed by atoms with Crippen LogP contribution in [0.15, 0.2) is 47.9 Å². The van der Waals surface area contributed by atoms with Gasteiger partial charge in [-0.1, -0.05) is 30.8 Å². The number of rotatable bonds is 7. The number of nitrogens with zero attached hydrogens (tertiary/aromatic N) is 4. The summed E-state index contributed by atoms with van der Waals surface area (Å²) in [5, 5.41) is 9.48. The molecule has 0 bridgehead atoms. The minimum atomic E-state index is 0.145. The van der Waals surface area contributed by atoms with Crippen LogP contribution in [0.1, 0.15) is 41.3 Å². The fraction of sp³-hybridized carbons (Fsp3) is 0.333. The molecule has 0 radical (unpaired) electrons. The van der Waals surface area contributed by atoms with Gasteiger partial charge in [0.1, 0.15) is 0 Å². The summed E-state index contributed by atoms with van der Waals surface area (Å²) in [5.74, 6) is 1.34. The number of aryl methyl sites for hydroxylation is 2. The van der Waals surface area contributed by atoms with Crippen LogP contribution in [0.4, 0.5) is 0 Å². The molecule has 0 aliphatic heterocycles. The highest BCUT2D eigenvalue weighted by atomic mass is 32.2. The summed E-state index contributed by atoms with van der Waals surface area (Å²) in [6, 6.07) is 10.0. The Kier molecular flexibility index (Phi) is 5.34. The molecule has 0 saturated carbocycles. The van der Waals surface area contributed by atoms with E-state index in [-0.39, 0.29) is 5.78 Å². The van der Waals surface area contributed by atoms with Gasteiger partial charge in [0.2, 0.25) is 0 Å². The fourth-order valence-electron chi connectivity index (χ4n) is 3.49. The molecule has 0 fully saturated rings. The molecule has 0 atom stereocenters. The number of carbonyl (C=O) groups excluding carboxylic acids is 1. The van der Waals surface area contributed by atoms with E-state index in [1.165, 1.54) is 29.3 Å². The van der Waals surface area contributed by atoms with Crippen molar-refractivity contribution in [2.24, 2.45) is 0 Å².